The van der Waals surface area contributed by atoms with Crippen molar-refractivity contribution in [3.63, 3.8) is 0 Å². The molecule has 2 aromatic carbocycles. The highest BCUT2D eigenvalue weighted by molar-refractivity contribution is 6.33. The smallest absolute Gasteiger partial charge is 0.189 e. The normalized spacial score (nSPS) is 15.2. The summed E-state index contributed by atoms with van der Waals surface area (Å²) >= 11 is 6.16. The third-order valence-electron chi connectivity index (χ3n) is 3.65. The van der Waals surface area contributed by atoms with Crippen molar-refractivity contribution in [1.29, 1.82) is 0 Å². The summed E-state index contributed by atoms with van der Waals surface area (Å²) in [5, 5.41) is 10.3. The van der Waals surface area contributed by atoms with E-state index in [0.717, 1.165) is 11.1 Å². The molecule has 0 fully saturated rings. The van der Waals surface area contributed by atoms with E-state index in [1.165, 1.54) is 0 Å². The Bertz CT molecular complexity index is 778. The van der Waals surface area contributed by atoms with Gasteiger partial charge in [-0.2, -0.15) is 0 Å². The lowest BCUT2D eigenvalue weighted by Gasteiger charge is -2.06. The van der Waals surface area contributed by atoms with Crippen molar-refractivity contribution >= 4 is 23.5 Å². The molecule has 2 aromatic rings. The number of rotatable bonds is 3. The number of carbonyl (C=O) groups is 1. The van der Waals surface area contributed by atoms with Crippen molar-refractivity contribution in [2.24, 2.45) is 0 Å². The molecule has 3 rings (SSSR count). The van der Waals surface area contributed by atoms with Gasteiger partial charge in [-0.15, -0.1) is 0 Å². The summed E-state index contributed by atoms with van der Waals surface area (Å²) in [5.41, 5.74) is 3.05. The van der Waals surface area contributed by atoms with Crippen LogP contribution < -0.4 is 4.74 Å². The van der Waals surface area contributed by atoms with Gasteiger partial charge in [0.2, 0.25) is 0 Å². The lowest BCUT2D eigenvalue weighted by Crippen LogP contribution is -1.96. The summed E-state index contributed by atoms with van der Waals surface area (Å²) in [5.74, 6) is 0.509. The lowest BCUT2D eigenvalue weighted by molar-refractivity contribution is 0.104. The number of fused-ring (bicyclic) bond motifs is 1. The van der Waals surface area contributed by atoms with Gasteiger partial charge >= 0.3 is 0 Å². The van der Waals surface area contributed by atoms with Gasteiger partial charge in [0.05, 0.1) is 6.61 Å². The average Bonchev–Trinajstić information content (AvgIpc) is 2.81. The zero-order valence-electron chi connectivity index (χ0n) is 12.1. The van der Waals surface area contributed by atoms with E-state index < -0.39 is 0 Å². The summed E-state index contributed by atoms with van der Waals surface area (Å²) in [4.78, 5) is 12.4. The van der Waals surface area contributed by atoms with Crippen molar-refractivity contribution < 1.29 is 14.6 Å². The molecule has 0 heterocycles. The molecule has 0 saturated carbocycles. The van der Waals surface area contributed by atoms with Gasteiger partial charge in [0.25, 0.3) is 0 Å². The molecule has 0 unspecified atom stereocenters. The van der Waals surface area contributed by atoms with Crippen molar-refractivity contribution in [2.45, 2.75) is 13.3 Å². The SMILES string of the molecule is CCOc1cc(/C=C2/Cc3c(Cl)cccc3C2=O)ccc1O. The van der Waals surface area contributed by atoms with Crippen LogP contribution in [0.25, 0.3) is 6.08 Å². The molecule has 0 aromatic heterocycles. The maximum atomic E-state index is 12.4. The first-order valence-corrected chi connectivity index (χ1v) is 7.46. The van der Waals surface area contributed by atoms with Crippen molar-refractivity contribution in [2.75, 3.05) is 6.61 Å². The van der Waals surface area contributed by atoms with E-state index >= 15 is 0 Å². The summed E-state index contributed by atoms with van der Waals surface area (Å²) in [6.07, 6.45) is 2.35. The number of ether oxygens (including phenoxy) is 1. The zero-order valence-corrected chi connectivity index (χ0v) is 12.9. The number of benzene rings is 2. The Labute approximate surface area is 133 Å². The van der Waals surface area contributed by atoms with Gasteiger partial charge < -0.3 is 9.84 Å². The molecule has 0 amide bonds. The topological polar surface area (TPSA) is 46.5 Å². The highest BCUT2D eigenvalue weighted by Gasteiger charge is 2.26. The highest BCUT2D eigenvalue weighted by Crippen LogP contribution is 2.34. The van der Waals surface area contributed by atoms with Crippen LogP contribution in [0.15, 0.2) is 42.0 Å². The van der Waals surface area contributed by atoms with E-state index in [2.05, 4.69) is 0 Å². The predicted molar refractivity (Wildman–Crippen MR) is 86.7 cm³/mol. The average molecular weight is 315 g/mol. The van der Waals surface area contributed by atoms with Crippen LogP contribution in [0.4, 0.5) is 0 Å². The fourth-order valence-electron chi connectivity index (χ4n) is 2.60. The van der Waals surface area contributed by atoms with Gasteiger partial charge in [-0.05, 0) is 42.3 Å². The number of halogens is 1. The largest absolute Gasteiger partial charge is 0.504 e. The van der Waals surface area contributed by atoms with E-state index in [9.17, 15) is 9.90 Å². The van der Waals surface area contributed by atoms with Crippen LogP contribution in [0.2, 0.25) is 5.02 Å². The Morgan fingerprint density at radius 2 is 2.14 bits per heavy atom. The summed E-state index contributed by atoms with van der Waals surface area (Å²) in [6.45, 7) is 2.32. The van der Waals surface area contributed by atoms with E-state index in [-0.39, 0.29) is 11.5 Å². The summed E-state index contributed by atoms with van der Waals surface area (Å²) < 4.78 is 5.36. The van der Waals surface area contributed by atoms with Gasteiger partial charge in [0.1, 0.15) is 0 Å². The Hall–Kier alpha value is -2.26. The standard InChI is InChI=1S/C18H15ClO3/c1-2-22-17-9-11(6-7-16(17)20)8-12-10-14-13(18(12)21)4-3-5-15(14)19/h3-9,20H,2,10H2,1H3/b12-8-. The minimum absolute atomic E-state index is 0.00327. The van der Waals surface area contributed by atoms with Crippen LogP contribution in [-0.4, -0.2) is 17.5 Å². The Morgan fingerprint density at radius 1 is 1.32 bits per heavy atom. The number of Topliss-reactive ketones (excluding diaryl/α,β-unsaturated/α-hetero) is 1. The number of carbonyl (C=O) groups excluding carboxylic acids is 1. The number of aromatic hydroxyl groups is 1. The van der Waals surface area contributed by atoms with E-state index in [0.29, 0.717) is 34.9 Å². The number of phenols is 1. The van der Waals surface area contributed by atoms with Gasteiger partial charge in [0, 0.05) is 22.6 Å². The second kappa shape index (κ2) is 5.85. The van der Waals surface area contributed by atoms with Crippen LogP contribution in [-0.2, 0) is 6.42 Å². The molecule has 0 bridgehead atoms. The molecule has 3 nitrogen and oxygen atoms in total. The Kier molecular flexibility index (Phi) is 3.90. The number of hydrogen-bond acceptors (Lipinski definition) is 3. The van der Waals surface area contributed by atoms with Gasteiger partial charge in [0.15, 0.2) is 17.3 Å². The second-order valence-electron chi connectivity index (χ2n) is 5.10. The van der Waals surface area contributed by atoms with Crippen LogP contribution in [0.3, 0.4) is 0 Å². The molecule has 1 aliphatic carbocycles. The van der Waals surface area contributed by atoms with Crippen molar-refractivity contribution in [3.8, 4) is 11.5 Å². The number of hydrogen-bond donors (Lipinski definition) is 1. The second-order valence-corrected chi connectivity index (χ2v) is 5.51. The summed E-state index contributed by atoms with van der Waals surface area (Å²) in [7, 11) is 0. The fourth-order valence-corrected chi connectivity index (χ4v) is 2.85. The first-order chi connectivity index (χ1) is 10.6. The first kappa shape index (κ1) is 14.7. The molecule has 22 heavy (non-hydrogen) atoms. The predicted octanol–water partition coefficient (Wildman–Crippen LogP) is 4.27. The monoisotopic (exact) mass is 314 g/mol. The number of ketones is 1. The molecule has 0 atom stereocenters. The quantitative estimate of drug-likeness (QED) is 0.861. The zero-order chi connectivity index (χ0) is 15.7. The molecule has 1 N–H and O–H groups in total. The number of allylic oxidation sites excluding steroid dienone is 1. The molecule has 1 aliphatic rings. The van der Waals surface area contributed by atoms with Gasteiger partial charge in [-0.3, -0.25) is 4.79 Å². The molecular formula is C18H15ClO3. The molecular weight excluding hydrogens is 300 g/mol. The lowest BCUT2D eigenvalue weighted by atomic mass is 10.1. The Morgan fingerprint density at radius 3 is 2.86 bits per heavy atom. The van der Waals surface area contributed by atoms with E-state index in [4.69, 9.17) is 16.3 Å². The van der Waals surface area contributed by atoms with Gasteiger partial charge in [-0.1, -0.05) is 29.8 Å². The minimum Gasteiger partial charge on any atom is -0.504 e. The molecule has 0 radical (unpaired) electrons. The number of phenolic OH excluding ortho intramolecular Hbond substituents is 1. The fraction of sp³-hybridized carbons (Fsp3) is 0.167. The third kappa shape index (κ3) is 2.60. The van der Waals surface area contributed by atoms with E-state index in [1.54, 1.807) is 36.4 Å². The molecule has 0 aliphatic heterocycles. The maximum Gasteiger partial charge on any atom is 0.189 e. The van der Waals surface area contributed by atoms with E-state index in [1.807, 2.05) is 13.0 Å². The van der Waals surface area contributed by atoms with Crippen molar-refractivity contribution in [1.82, 2.24) is 0 Å². The first-order valence-electron chi connectivity index (χ1n) is 7.08. The molecule has 0 saturated heterocycles. The van der Waals surface area contributed by atoms with Crippen LogP contribution >= 0.6 is 11.6 Å². The van der Waals surface area contributed by atoms with Crippen LogP contribution in [0, 0.1) is 0 Å². The third-order valence-corrected chi connectivity index (χ3v) is 4.00. The van der Waals surface area contributed by atoms with Crippen LogP contribution in [0.1, 0.15) is 28.4 Å². The molecule has 4 heteroatoms. The summed E-state index contributed by atoms with van der Waals surface area (Å²) in [6, 6.07) is 10.4. The minimum atomic E-state index is 0.00327. The Balaban J connectivity index is 1.96. The molecule has 0 spiro atoms. The maximum absolute atomic E-state index is 12.4. The van der Waals surface area contributed by atoms with Crippen molar-refractivity contribution in [3.05, 3.63) is 63.7 Å². The molecule has 112 valence electrons. The van der Waals surface area contributed by atoms with Gasteiger partial charge in [-0.25, -0.2) is 0 Å². The van der Waals surface area contributed by atoms with Crippen LogP contribution in [0.5, 0.6) is 11.5 Å². The highest BCUT2D eigenvalue weighted by atomic mass is 35.5.